The molecule has 0 bridgehead atoms. The van der Waals surface area contributed by atoms with E-state index in [-0.39, 0.29) is 0 Å². The van der Waals surface area contributed by atoms with Crippen LogP contribution in [-0.2, 0) is 20.3 Å². The molecule has 7 heteroatoms. The number of benzene rings is 1. The van der Waals surface area contributed by atoms with Crippen molar-refractivity contribution in [3.8, 4) is 0 Å². The minimum Gasteiger partial charge on any atom is -0.303 e. The lowest BCUT2D eigenvalue weighted by Gasteiger charge is -2.18. The molecule has 0 saturated carbocycles. The van der Waals surface area contributed by atoms with E-state index >= 15 is 0 Å². The standard InChI is InChI=1S/C17H28NO5P/c1-2-3-4-5-6-7-8-9-16-10-12-17(13-11-16)18(14-19)15-23-24(20,21)22/h10-14H,2-9,15H2,1H3,(H2,20,21,22). The van der Waals surface area contributed by atoms with E-state index in [1.165, 1.54) is 44.1 Å². The lowest BCUT2D eigenvalue weighted by atomic mass is 10.0. The van der Waals surface area contributed by atoms with Gasteiger partial charge in [0, 0.05) is 5.69 Å². The molecule has 6 nitrogen and oxygen atoms in total. The third-order valence-electron chi connectivity index (χ3n) is 3.83. The first-order valence-corrected chi connectivity index (χ1v) is 10.00. The van der Waals surface area contributed by atoms with Gasteiger partial charge in [0.15, 0.2) is 0 Å². The van der Waals surface area contributed by atoms with Crippen LogP contribution in [0.4, 0.5) is 5.69 Å². The van der Waals surface area contributed by atoms with Crippen LogP contribution in [0.5, 0.6) is 0 Å². The zero-order chi connectivity index (χ0) is 17.8. The first kappa shape index (κ1) is 20.8. The minimum atomic E-state index is -4.59. The van der Waals surface area contributed by atoms with Gasteiger partial charge in [-0.05, 0) is 30.5 Å². The Balaban J connectivity index is 2.36. The zero-order valence-electron chi connectivity index (χ0n) is 14.3. The molecule has 1 aromatic carbocycles. The lowest BCUT2D eigenvalue weighted by Crippen LogP contribution is -2.23. The summed E-state index contributed by atoms with van der Waals surface area (Å²) in [6.07, 6.45) is 10.3. The Hall–Kier alpha value is -1.20. The van der Waals surface area contributed by atoms with E-state index in [9.17, 15) is 9.36 Å². The van der Waals surface area contributed by atoms with Crippen molar-refractivity contribution in [3.05, 3.63) is 29.8 Å². The molecular weight excluding hydrogens is 329 g/mol. The Kier molecular flexibility index (Phi) is 9.88. The molecule has 0 unspecified atom stereocenters. The third kappa shape index (κ3) is 9.18. The highest BCUT2D eigenvalue weighted by molar-refractivity contribution is 7.46. The number of anilines is 1. The van der Waals surface area contributed by atoms with E-state index < -0.39 is 14.6 Å². The summed E-state index contributed by atoms with van der Waals surface area (Å²) in [4.78, 5) is 29.5. The number of amides is 1. The van der Waals surface area contributed by atoms with Gasteiger partial charge in [-0.2, -0.15) is 0 Å². The fourth-order valence-electron chi connectivity index (χ4n) is 2.44. The van der Waals surface area contributed by atoms with Crippen LogP contribution < -0.4 is 4.90 Å². The summed E-state index contributed by atoms with van der Waals surface area (Å²) in [5.74, 6) is 0. The molecule has 1 rings (SSSR count). The molecule has 0 heterocycles. The third-order valence-corrected chi connectivity index (χ3v) is 4.28. The quantitative estimate of drug-likeness (QED) is 0.241. The van der Waals surface area contributed by atoms with Gasteiger partial charge in [-0.15, -0.1) is 0 Å². The largest absolute Gasteiger partial charge is 0.471 e. The van der Waals surface area contributed by atoms with Crippen molar-refractivity contribution in [3.63, 3.8) is 0 Å². The van der Waals surface area contributed by atoms with E-state index in [1.54, 1.807) is 12.1 Å². The molecule has 0 aliphatic heterocycles. The van der Waals surface area contributed by atoms with Crippen molar-refractivity contribution in [1.82, 2.24) is 0 Å². The van der Waals surface area contributed by atoms with E-state index in [0.29, 0.717) is 12.1 Å². The van der Waals surface area contributed by atoms with Crippen LogP contribution in [0.25, 0.3) is 0 Å². The summed E-state index contributed by atoms with van der Waals surface area (Å²) in [6, 6.07) is 7.38. The highest BCUT2D eigenvalue weighted by atomic mass is 31.2. The van der Waals surface area contributed by atoms with Gasteiger partial charge < -0.3 is 9.79 Å². The van der Waals surface area contributed by atoms with Gasteiger partial charge >= 0.3 is 7.82 Å². The second-order valence-corrected chi connectivity index (χ2v) is 7.10. The summed E-state index contributed by atoms with van der Waals surface area (Å²) in [6.45, 7) is 1.73. The summed E-state index contributed by atoms with van der Waals surface area (Å²) >= 11 is 0. The maximum atomic E-state index is 11.0. The Morgan fingerprint density at radius 2 is 1.62 bits per heavy atom. The van der Waals surface area contributed by atoms with Crippen molar-refractivity contribution in [2.45, 2.75) is 58.3 Å². The van der Waals surface area contributed by atoms with Gasteiger partial charge in [0.05, 0.1) is 0 Å². The molecule has 1 amide bonds. The van der Waals surface area contributed by atoms with Crippen LogP contribution in [0.2, 0.25) is 0 Å². The van der Waals surface area contributed by atoms with Gasteiger partial charge in [0.25, 0.3) is 0 Å². The van der Waals surface area contributed by atoms with E-state index in [4.69, 9.17) is 9.79 Å². The van der Waals surface area contributed by atoms with Crippen LogP contribution in [0.3, 0.4) is 0 Å². The number of rotatable bonds is 13. The molecule has 136 valence electrons. The molecule has 2 N–H and O–H groups in total. The molecule has 0 fully saturated rings. The molecule has 0 aliphatic rings. The van der Waals surface area contributed by atoms with E-state index in [2.05, 4.69) is 11.4 Å². The van der Waals surface area contributed by atoms with Gasteiger partial charge in [0.2, 0.25) is 6.41 Å². The zero-order valence-corrected chi connectivity index (χ0v) is 15.2. The molecular formula is C17H28NO5P. The number of carbonyl (C=O) groups excluding carboxylic acids is 1. The highest BCUT2D eigenvalue weighted by Crippen LogP contribution is 2.36. The summed E-state index contributed by atoms with van der Waals surface area (Å²) in [7, 11) is -4.59. The van der Waals surface area contributed by atoms with Crippen molar-refractivity contribution < 1.29 is 23.7 Å². The predicted octanol–water partition coefficient (Wildman–Crippen LogP) is 4.01. The smallest absolute Gasteiger partial charge is 0.303 e. The molecule has 0 radical (unpaired) electrons. The monoisotopic (exact) mass is 357 g/mol. The summed E-state index contributed by atoms with van der Waals surface area (Å²) in [5.41, 5.74) is 1.73. The SMILES string of the molecule is CCCCCCCCCc1ccc(N(C=O)COP(=O)(O)O)cc1. The van der Waals surface area contributed by atoms with Crippen LogP contribution >= 0.6 is 7.82 Å². The fraction of sp³-hybridized carbons (Fsp3) is 0.588. The second kappa shape index (κ2) is 11.4. The van der Waals surface area contributed by atoms with Gasteiger partial charge in [-0.1, -0.05) is 57.6 Å². The Morgan fingerprint density at radius 1 is 1.04 bits per heavy atom. The molecule has 0 spiro atoms. The molecule has 0 saturated heterocycles. The number of phosphoric acid groups is 1. The van der Waals surface area contributed by atoms with Crippen molar-refractivity contribution >= 4 is 19.9 Å². The maximum absolute atomic E-state index is 11.0. The number of nitrogens with zero attached hydrogens (tertiary/aromatic N) is 1. The first-order valence-electron chi connectivity index (χ1n) is 8.47. The Morgan fingerprint density at radius 3 is 2.17 bits per heavy atom. The summed E-state index contributed by atoms with van der Waals surface area (Å²) in [5, 5.41) is 0. The second-order valence-electron chi connectivity index (χ2n) is 5.86. The first-order chi connectivity index (χ1) is 11.5. The molecule has 24 heavy (non-hydrogen) atoms. The Labute approximate surface area is 144 Å². The van der Waals surface area contributed by atoms with Gasteiger partial charge in [-0.3, -0.25) is 14.2 Å². The molecule has 0 aromatic heterocycles. The maximum Gasteiger partial charge on any atom is 0.471 e. The number of phosphoric ester groups is 1. The predicted molar refractivity (Wildman–Crippen MR) is 94.7 cm³/mol. The topological polar surface area (TPSA) is 87.1 Å². The number of carbonyl (C=O) groups is 1. The number of hydrogen-bond acceptors (Lipinski definition) is 3. The average molecular weight is 357 g/mol. The van der Waals surface area contributed by atoms with Crippen molar-refractivity contribution in [2.24, 2.45) is 0 Å². The Bertz CT molecular complexity index is 514. The van der Waals surface area contributed by atoms with Gasteiger partial charge in [0.1, 0.15) is 6.73 Å². The van der Waals surface area contributed by atoms with E-state index in [0.717, 1.165) is 17.7 Å². The molecule has 0 aliphatic carbocycles. The van der Waals surface area contributed by atoms with Gasteiger partial charge in [-0.25, -0.2) is 4.57 Å². The van der Waals surface area contributed by atoms with Crippen molar-refractivity contribution in [1.29, 1.82) is 0 Å². The van der Waals surface area contributed by atoms with Crippen molar-refractivity contribution in [2.75, 3.05) is 11.6 Å². The lowest BCUT2D eigenvalue weighted by molar-refractivity contribution is -0.108. The number of aryl methyl sites for hydroxylation is 1. The average Bonchev–Trinajstić information content (AvgIpc) is 2.55. The van der Waals surface area contributed by atoms with Crippen LogP contribution in [0.1, 0.15) is 57.4 Å². The van der Waals surface area contributed by atoms with Crippen LogP contribution in [-0.4, -0.2) is 22.9 Å². The number of unbranched alkanes of at least 4 members (excludes halogenated alkanes) is 6. The highest BCUT2D eigenvalue weighted by Gasteiger charge is 2.16. The van der Waals surface area contributed by atoms with Crippen LogP contribution in [0.15, 0.2) is 24.3 Å². The molecule has 1 aromatic rings. The minimum absolute atomic E-state index is 0.481. The summed E-state index contributed by atoms with van der Waals surface area (Å²) < 4.78 is 15.0. The number of hydrogen-bond donors (Lipinski definition) is 2. The van der Waals surface area contributed by atoms with Crippen LogP contribution in [0, 0.1) is 0 Å². The molecule has 0 atom stereocenters. The fourth-order valence-corrected chi connectivity index (χ4v) is 2.72. The van der Waals surface area contributed by atoms with E-state index in [1.807, 2.05) is 12.1 Å². The normalized spacial score (nSPS) is 11.5.